The van der Waals surface area contributed by atoms with E-state index in [1.165, 1.54) is 0 Å². The Hall–Kier alpha value is -0.970. The Morgan fingerprint density at radius 3 is 2.47 bits per heavy atom. The molecule has 0 saturated heterocycles. The fourth-order valence-electron chi connectivity index (χ4n) is 1.70. The minimum Gasteiger partial charge on any atom is -0.493 e. The lowest BCUT2D eigenvalue weighted by Crippen LogP contribution is -2.13. The van der Waals surface area contributed by atoms with Crippen LogP contribution in [-0.2, 0) is 0 Å². The van der Waals surface area contributed by atoms with Gasteiger partial charge in [0.15, 0.2) is 11.5 Å². The van der Waals surface area contributed by atoms with E-state index in [-0.39, 0.29) is 18.4 Å². The van der Waals surface area contributed by atoms with Crippen molar-refractivity contribution in [2.45, 2.75) is 18.9 Å². The summed E-state index contributed by atoms with van der Waals surface area (Å²) < 4.78 is 10.6. The van der Waals surface area contributed by atoms with Gasteiger partial charge >= 0.3 is 0 Å². The molecule has 0 radical (unpaired) electrons. The minimum absolute atomic E-state index is 0. The number of nitrogens with two attached hydrogens (primary N) is 2. The van der Waals surface area contributed by atoms with Gasteiger partial charge in [0, 0.05) is 11.6 Å². The van der Waals surface area contributed by atoms with Gasteiger partial charge < -0.3 is 20.9 Å². The van der Waals surface area contributed by atoms with Crippen molar-refractivity contribution < 1.29 is 9.47 Å². The molecule has 4 N–H and O–H groups in total. The maximum Gasteiger partial charge on any atom is 0.165 e. The number of hydrogen-bond donors (Lipinski definition) is 2. The van der Waals surface area contributed by atoms with Gasteiger partial charge in [0.05, 0.1) is 14.2 Å². The summed E-state index contributed by atoms with van der Waals surface area (Å²) in [5.41, 5.74) is 12.5. The van der Waals surface area contributed by atoms with Gasteiger partial charge in [0.2, 0.25) is 0 Å². The molecule has 1 aromatic carbocycles. The van der Waals surface area contributed by atoms with Crippen molar-refractivity contribution in [2.75, 3.05) is 20.8 Å². The molecule has 0 heterocycles. The molecule has 0 fully saturated rings. The molecule has 1 aromatic rings. The monoisotopic (exact) mass is 260 g/mol. The molecule has 0 aliphatic carbocycles. The predicted octanol–water partition coefficient (Wildman–Crippen LogP) is 1.86. The lowest BCUT2D eigenvalue weighted by molar-refractivity contribution is 0.348. The molecule has 0 spiro atoms. The maximum atomic E-state index is 6.09. The average Bonchev–Trinajstić information content (AvgIpc) is 2.34. The molecule has 0 bridgehead atoms. The van der Waals surface area contributed by atoms with Gasteiger partial charge in [-0.1, -0.05) is 12.1 Å². The highest BCUT2D eigenvalue weighted by Gasteiger charge is 2.15. The Kier molecular flexibility index (Phi) is 7.70. The fourth-order valence-corrected chi connectivity index (χ4v) is 1.70. The van der Waals surface area contributed by atoms with E-state index in [1.54, 1.807) is 14.2 Å². The largest absolute Gasteiger partial charge is 0.493 e. The Bertz CT molecular complexity index is 334. The van der Waals surface area contributed by atoms with Gasteiger partial charge in [-0.25, -0.2) is 0 Å². The summed E-state index contributed by atoms with van der Waals surface area (Å²) in [5.74, 6) is 1.43. The number of methoxy groups -OCH3 is 2. The normalized spacial score (nSPS) is 11.5. The zero-order chi connectivity index (χ0) is 12.0. The summed E-state index contributed by atoms with van der Waals surface area (Å²) in [7, 11) is 3.24. The standard InChI is InChI=1S/C12H20N2O2.ClH/c1-15-11-7-3-5-9(12(11)16-2)10(14)6-4-8-13;/h3,5,7,10H,4,6,8,13-14H2,1-2H3;1H/t10-;/m1./s1. The van der Waals surface area contributed by atoms with Crippen LogP contribution in [0.5, 0.6) is 11.5 Å². The molecular formula is C12H21ClN2O2. The summed E-state index contributed by atoms with van der Waals surface area (Å²) in [5, 5.41) is 0. The Balaban J connectivity index is 0.00000256. The van der Waals surface area contributed by atoms with E-state index in [1.807, 2.05) is 18.2 Å². The van der Waals surface area contributed by atoms with Gasteiger partial charge in [-0.15, -0.1) is 12.4 Å². The van der Waals surface area contributed by atoms with Crippen molar-refractivity contribution in [3.63, 3.8) is 0 Å². The van der Waals surface area contributed by atoms with E-state index >= 15 is 0 Å². The molecule has 0 saturated carbocycles. The Labute approximate surface area is 109 Å². The van der Waals surface area contributed by atoms with Crippen molar-refractivity contribution in [1.82, 2.24) is 0 Å². The number of rotatable bonds is 6. The van der Waals surface area contributed by atoms with E-state index in [0.717, 1.165) is 24.2 Å². The summed E-state index contributed by atoms with van der Waals surface area (Å²) in [6.07, 6.45) is 1.75. The van der Waals surface area contributed by atoms with Crippen LogP contribution in [0.1, 0.15) is 24.4 Å². The molecular weight excluding hydrogens is 240 g/mol. The maximum absolute atomic E-state index is 6.09. The van der Waals surface area contributed by atoms with E-state index in [0.29, 0.717) is 12.3 Å². The highest BCUT2D eigenvalue weighted by Crippen LogP contribution is 2.34. The van der Waals surface area contributed by atoms with Crippen LogP contribution in [-0.4, -0.2) is 20.8 Å². The van der Waals surface area contributed by atoms with Crippen molar-refractivity contribution in [3.8, 4) is 11.5 Å². The predicted molar refractivity (Wildman–Crippen MR) is 72.0 cm³/mol. The SMILES string of the molecule is COc1cccc([C@H](N)CCCN)c1OC.Cl. The lowest BCUT2D eigenvalue weighted by Gasteiger charge is -2.17. The smallest absolute Gasteiger partial charge is 0.165 e. The third-order valence-electron chi connectivity index (χ3n) is 2.55. The van der Waals surface area contributed by atoms with Crippen LogP contribution in [0.3, 0.4) is 0 Å². The third-order valence-corrected chi connectivity index (χ3v) is 2.55. The first-order valence-corrected chi connectivity index (χ1v) is 5.41. The van der Waals surface area contributed by atoms with Crippen LogP contribution in [0, 0.1) is 0 Å². The van der Waals surface area contributed by atoms with Crippen LogP contribution in [0.15, 0.2) is 18.2 Å². The van der Waals surface area contributed by atoms with E-state index in [9.17, 15) is 0 Å². The van der Waals surface area contributed by atoms with Gasteiger partial charge in [-0.2, -0.15) is 0 Å². The zero-order valence-corrected chi connectivity index (χ0v) is 11.1. The molecule has 0 aliphatic rings. The molecule has 1 rings (SSSR count). The van der Waals surface area contributed by atoms with E-state index in [4.69, 9.17) is 20.9 Å². The second-order valence-electron chi connectivity index (χ2n) is 3.62. The Morgan fingerprint density at radius 2 is 1.94 bits per heavy atom. The van der Waals surface area contributed by atoms with Crippen molar-refractivity contribution in [3.05, 3.63) is 23.8 Å². The summed E-state index contributed by atoms with van der Waals surface area (Å²) in [6.45, 7) is 0.653. The van der Waals surface area contributed by atoms with Gasteiger partial charge in [0.1, 0.15) is 0 Å². The second kappa shape index (κ2) is 8.17. The van der Waals surface area contributed by atoms with Crippen LogP contribution >= 0.6 is 12.4 Å². The van der Waals surface area contributed by atoms with Crippen LogP contribution in [0.4, 0.5) is 0 Å². The number of para-hydroxylation sites is 1. The van der Waals surface area contributed by atoms with Gasteiger partial charge in [0.25, 0.3) is 0 Å². The lowest BCUT2D eigenvalue weighted by atomic mass is 10.0. The van der Waals surface area contributed by atoms with Crippen LogP contribution in [0.2, 0.25) is 0 Å². The van der Waals surface area contributed by atoms with Crippen molar-refractivity contribution in [2.24, 2.45) is 11.5 Å². The number of ether oxygens (including phenoxy) is 2. The summed E-state index contributed by atoms with van der Waals surface area (Å²) in [6, 6.07) is 5.67. The summed E-state index contributed by atoms with van der Waals surface area (Å²) >= 11 is 0. The molecule has 4 nitrogen and oxygen atoms in total. The molecule has 17 heavy (non-hydrogen) atoms. The van der Waals surface area contributed by atoms with Crippen LogP contribution in [0.25, 0.3) is 0 Å². The van der Waals surface area contributed by atoms with E-state index in [2.05, 4.69) is 0 Å². The van der Waals surface area contributed by atoms with Gasteiger partial charge in [-0.05, 0) is 25.5 Å². The molecule has 0 aliphatic heterocycles. The minimum atomic E-state index is -0.0615. The zero-order valence-electron chi connectivity index (χ0n) is 10.3. The first-order valence-electron chi connectivity index (χ1n) is 5.41. The number of hydrogen-bond acceptors (Lipinski definition) is 4. The molecule has 98 valence electrons. The van der Waals surface area contributed by atoms with Crippen molar-refractivity contribution in [1.29, 1.82) is 0 Å². The second-order valence-corrected chi connectivity index (χ2v) is 3.62. The molecule has 0 aromatic heterocycles. The highest BCUT2D eigenvalue weighted by atomic mass is 35.5. The first kappa shape index (κ1) is 16.0. The van der Waals surface area contributed by atoms with Crippen LogP contribution < -0.4 is 20.9 Å². The summed E-state index contributed by atoms with van der Waals surface area (Å²) in [4.78, 5) is 0. The first-order chi connectivity index (χ1) is 7.74. The van der Waals surface area contributed by atoms with E-state index < -0.39 is 0 Å². The quantitative estimate of drug-likeness (QED) is 0.819. The molecule has 0 unspecified atom stereocenters. The topological polar surface area (TPSA) is 70.5 Å². The number of benzene rings is 1. The van der Waals surface area contributed by atoms with Crippen molar-refractivity contribution >= 4 is 12.4 Å². The average molecular weight is 261 g/mol. The van der Waals surface area contributed by atoms with Gasteiger partial charge in [-0.3, -0.25) is 0 Å². The fraction of sp³-hybridized carbons (Fsp3) is 0.500. The number of halogens is 1. The highest BCUT2D eigenvalue weighted by molar-refractivity contribution is 5.85. The Morgan fingerprint density at radius 1 is 1.24 bits per heavy atom. The molecule has 5 heteroatoms. The molecule has 1 atom stereocenters. The third kappa shape index (κ3) is 4.07. The molecule has 0 amide bonds.